The summed E-state index contributed by atoms with van der Waals surface area (Å²) in [6.45, 7) is 2.53. The lowest BCUT2D eigenvalue weighted by atomic mass is 10.2. The Balaban J connectivity index is 2.09. The highest BCUT2D eigenvalue weighted by Gasteiger charge is 2.12. The van der Waals surface area contributed by atoms with Crippen molar-refractivity contribution in [1.82, 2.24) is 14.3 Å². The zero-order chi connectivity index (χ0) is 14.3. The number of aromatic nitrogens is 3. The summed E-state index contributed by atoms with van der Waals surface area (Å²) in [6.07, 6.45) is 2.00. The van der Waals surface area contributed by atoms with Crippen LogP contribution in [-0.2, 0) is 13.6 Å². The van der Waals surface area contributed by atoms with Crippen molar-refractivity contribution in [3.8, 4) is 6.07 Å². The third-order valence-electron chi connectivity index (χ3n) is 3.48. The van der Waals surface area contributed by atoms with Gasteiger partial charge < -0.3 is 4.57 Å². The molecule has 0 amide bonds. The van der Waals surface area contributed by atoms with Crippen molar-refractivity contribution < 1.29 is 0 Å². The number of aryl methyl sites for hydroxylation is 2. The van der Waals surface area contributed by atoms with Crippen LogP contribution in [-0.4, -0.2) is 14.3 Å². The zero-order valence-electron chi connectivity index (χ0n) is 11.3. The summed E-state index contributed by atoms with van der Waals surface area (Å²) < 4.78 is 3.89. The smallest absolute Gasteiger partial charge is 0.0992 e. The van der Waals surface area contributed by atoms with Gasteiger partial charge in [0.1, 0.15) is 0 Å². The lowest BCUT2D eigenvalue weighted by molar-refractivity contribution is 0.673. The van der Waals surface area contributed by atoms with E-state index in [1.165, 1.54) is 0 Å². The van der Waals surface area contributed by atoms with Crippen LogP contribution in [0, 0.1) is 18.3 Å². The third kappa shape index (κ3) is 1.97. The van der Waals surface area contributed by atoms with Gasteiger partial charge in [0.2, 0.25) is 0 Å². The number of fused-ring (bicyclic) bond motifs is 1. The standard InChI is InChI=1S/C15H13ClN4/c1-10-15(16)14(19(2)18-10)9-20-6-5-12-4-3-11(8-17)7-13(12)20/h3-7H,9H2,1-2H3. The van der Waals surface area contributed by atoms with Crippen LogP contribution in [0.3, 0.4) is 0 Å². The molecule has 0 fully saturated rings. The highest BCUT2D eigenvalue weighted by atomic mass is 35.5. The molecule has 20 heavy (non-hydrogen) atoms. The largest absolute Gasteiger partial charge is 0.341 e. The summed E-state index contributed by atoms with van der Waals surface area (Å²) in [5.74, 6) is 0. The molecular weight excluding hydrogens is 272 g/mol. The Morgan fingerprint density at radius 3 is 2.80 bits per heavy atom. The fourth-order valence-electron chi connectivity index (χ4n) is 2.40. The average Bonchev–Trinajstić information content (AvgIpc) is 2.95. The maximum atomic E-state index is 9.01. The molecule has 2 aromatic heterocycles. The first kappa shape index (κ1) is 12.8. The lowest BCUT2D eigenvalue weighted by Crippen LogP contribution is -2.05. The maximum Gasteiger partial charge on any atom is 0.0992 e. The molecule has 0 N–H and O–H groups in total. The first-order valence-corrected chi connectivity index (χ1v) is 6.65. The average molecular weight is 285 g/mol. The highest BCUT2D eigenvalue weighted by molar-refractivity contribution is 6.31. The van der Waals surface area contributed by atoms with Crippen LogP contribution in [0.5, 0.6) is 0 Å². The summed E-state index contributed by atoms with van der Waals surface area (Å²) in [7, 11) is 1.89. The molecule has 100 valence electrons. The first-order chi connectivity index (χ1) is 9.60. The van der Waals surface area contributed by atoms with Gasteiger partial charge in [0, 0.05) is 18.8 Å². The molecular formula is C15H13ClN4. The van der Waals surface area contributed by atoms with E-state index in [1.807, 2.05) is 44.4 Å². The quantitative estimate of drug-likeness (QED) is 0.725. The van der Waals surface area contributed by atoms with Gasteiger partial charge >= 0.3 is 0 Å². The van der Waals surface area contributed by atoms with Gasteiger partial charge in [0.05, 0.1) is 34.6 Å². The van der Waals surface area contributed by atoms with E-state index in [2.05, 4.69) is 15.7 Å². The van der Waals surface area contributed by atoms with E-state index in [0.29, 0.717) is 17.1 Å². The SMILES string of the molecule is Cc1nn(C)c(Cn2ccc3ccc(C#N)cc32)c1Cl. The molecule has 0 radical (unpaired) electrons. The van der Waals surface area contributed by atoms with Crippen molar-refractivity contribution >= 4 is 22.5 Å². The number of rotatable bonds is 2. The van der Waals surface area contributed by atoms with Gasteiger partial charge in [-0.1, -0.05) is 17.7 Å². The molecule has 0 atom stereocenters. The Bertz CT molecular complexity index is 836. The first-order valence-electron chi connectivity index (χ1n) is 6.27. The van der Waals surface area contributed by atoms with Gasteiger partial charge in [-0.05, 0) is 30.5 Å². The van der Waals surface area contributed by atoms with Crippen LogP contribution >= 0.6 is 11.6 Å². The molecule has 4 nitrogen and oxygen atoms in total. The zero-order valence-corrected chi connectivity index (χ0v) is 12.0. The predicted molar refractivity (Wildman–Crippen MR) is 78.7 cm³/mol. The number of hydrogen-bond donors (Lipinski definition) is 0. The number of nitrogens with zero attached hydrogens (tertiary/aromatic N) is 4. The Morgan fingerprint density at radius 2 is 2.15 bits per heavy atom. The van der Waals surface area contributed by atoms with E-state index in [9.17, 15) is 0 Å². The number of halogens is 1. The molecule has 0 spiro atoms. The van der Waals surface area contributed by atoms with Crippen molar-refractivity contribution in [3.05, 3.63) is 52.4 Å². The van der Waals surface area contributed by atoms with Crippen LogP contribution < -0.4 is 0 Å². The van der Waals surface area contributed by atoms with Gasteiger partial charge in [0.25, 0.3) is 0 Å². The predicted octanol–water partition coefficient (Wildman–Crippen LogP) is 3.26. The van der Waals surface area contributed by atoms with Crippen LogP contribution in [0.1, 0.15) is 17.0 Å². The molecule has 0 saturated heterocycles. The maximum absolute atomic E-state index is 9.01. The van der Waals surface area contributed by atoms with Crippen LogP contribution in [0.2, 0.25) is 5.02 Å². The summed E-state index contributed by atoms with van der Waals surface area (Å²) in [4.78, 5) is 0. The Morgan fingerprint density at radius 1 is 1.35 bits per heavy atom. The minimum Gasteiger partial charge on any atom is -0.341 e. The Labute approximate surface area is 121 Å². The molecule has 3 rings (SSSR count). The van der Waals surface area contributed by atoms with Gasteiger partial charge in [-0.15, -0.1) is 0 Å². The molecule has 0 aliphatic carbocycles. The number of hydrogen-bond acceptors (Lipinski definition) is 2. The van der Waals surface area contributed by atoms with Crippen molar-refractivity contribution in [2.75, 3.05) is 0 Å². The molecule has 0 saturated carbocycles. The van der Waals surface area contributed by atoms with Gasteiger partial charge in [-0.25, -0.2) is 0 Å². The van der Waals surface area contributed by atoms with Crippen LogP contribution in [0.4, 0.5) is 0 Å². The Hall–Kier alpha value is -2.25. The van der Waals surface area contributed by atoms with Gasteiger partial charge in [0.15, 0.2) is 0 Å². The fraction of sp³-hybridized carbons (Fsp3) is 0.200. The summed E-state index contributed by atoms with van der Waals surface area (Å²) in [5.41, 5.74) is 3.48. The normalized spacial score (nSPS) is 10.9. The van der Waals surface area contributed by atoms with E-state index in [-0.39, 0.29) is 0 Å². The molecule has 0 aliphatic heterocycles. The molecule has 1 aromatic carbocycles. The number of benzene rings is 1. The second-order valence-corrected chi connectivity index (χ2v) is 5.18. The minimum absolute atomic E-state index is 0.633. The van der Waals surface area contributed by atoms with E-state index < -0.39 is 0 Å². The van der Waals surface area contributed by atoms with Crippen LogP contribution in [0.25, 0.3) is 10.9 Å². The van der Waals surface area contributed by atoms with E-state index in [4.69, 9.17) is 16.9 Å². The van der Waals surface area contributed by atoms with Gasteiger partial charge in [-0.2, -0.15) is 10.4 Å². The van der Waals surface area contributed by atoms with E-state index in [1.54, 1.807) is 4.68 Å². The molecule has 5 heteroatoms. The van der Waals surface area contributed by atoms with Crippen molar-refractivity contribution in [1.29, 1.82) is 5.26 Å². The second kappa shape index (κ2) is 4.69. The highest BCUT2D eigenvalue weighted by Crippen LogP contribution is 2.23. The minimum atomic E-state index is 0.633. The van der Waals surface area contributed by atoms with Crippen molar-refractivity contribution in [2.45, 2.75) is 13.5 Å². The van der Waals surface area contributed by atoms with E-state index >= 15 is 0 Å². The van der Waals surface area contributed by atoms with Crippen LogP contribution in [0.15, 0.2) is 30.5 Å². The molecule has 3 aromatic rings. The van der Waals surface area contributed by atoms with Crippen molar-refractivity contribution in [2.24, 2.45) is 7.05 Å². The fourth-order valence-corrected chi connectivity index (χ4v) is 2.62. The third-order valence-corrected chi connectivity index (χ3v) is 3.98. The van der Waals surface area contributed by atoms with Gasteiger partial charge in [-0.3, -0.25) is 4.68 Å². The molecule has 0 bridgehead atoms. The van der Waals surface area contributed by atoms with E-state index in [0.717, 1.165) is 22.3 Å². The Kier molecular flexibility index (Phi) is 3.00. The number of nitriles is 1. The summed E-state index contributed by atoms with van der Waals surface area (Å²) in [6, 6.07) is 9.89. The summed E-state index contributed by atoms with van der Waals surface area (Å²) in [5, 5.41) is 15.1. The molecule has 2 heterocycles. The molecule has 0 unspecified atom stereocenters. The summed E-state index contributed by atoms with van der Waals surface area (Å²) >= 11 is 6.29. The topological polar surface area (TPSA) is 46.5 Å². The second-order valence-electron chi connectivity index (χ2n) is 4.80. The lowest BCUT2D eigenvalue weighted by Gasteiger charge is -2.07. The molecule has 0 aliphatic rings. The monoisotopic (exact) mass is 284 g/mol. The van der Waals surface area contributed by atoms with Crippen molar-refractivity contribution in [3.63, 3.8) is 0 Å².